The Morgan fingerprint density at radius 2 is 1.24 bits per heavy atom. The molecule has 350 valence electrons. The molecule has 8 rings (SSSR count). The molecule has 0 heterocycles. The van der Waals surface area contributed by atoms with Crippen LogP contribution in [0.2, 0.25) is 0 Å². The number of aliphatic hydroxyl groups excluding tert-OH is 2. The van der Waals surface area contributed by atoms with Crippen molar-refractivity contribution < 1.29 is 48.8 Å². The van der Waals surface area contributed by atoms with Crippen molar-refractivity contribution in [3.8, 4) is 0 Å². The fourth-order valence-electron chi connectivity index (χ4n) is 14.8. The van der Waals surface area contributed by atoms with Crippen LogP contribution < -0.4 is 0 Å². The molecule has 12 heteroatoms. The Morgan fingerprint density at radius 3 is 1.81 bits per heavy atom. The van der Waals surface area contributed by atoms with Gasteiger partial charge in [-0.2, -0.15) is 9.78 Å². The number of hydrogen-bond acceptors (Lipinski definition) is 10. The van der Waals surface area contributed by atoms with E-state index in [2.05, 4.69) is 78.8 Å². The first-order valence-electron chi connectivity index (χ1n) is 24.2. The van der Waals surface area contributed by atoms with Crippen molar-refractivity contribution in [1.29, 1.82) is 0 Å². The van der Waals surface area contributed by atoms with Crippen molar-refractivity contribution in [2.45, 2.75) is 197 Å². The Labute approximate surface area is 388 Å². The van der Waals surface area contributed by atoms with Gasteiger partial charge in [0.2, 0.25) is 0 Å². The predicted octanol–water partition coefficient (Wildman–Crippen LogP) is 11.0. The molecular formula is C50H76Br2O10. The van der Waals surface area contributed by atoms with Gasteiger partial charge < -0.3 is 29.5 Å². The van der Waals surface area contributed by atoms with Gasteiger partial charge in [0.15, 0.2) is 0 Å². The number of hydrogen-bond donors (Lipinski definition) is 2. The summed E-state index contributed by atoms with van der Waals surface area (Å²) in [6.07, 6.45) is 17.9. The topological polar surface area (TPSA) is 130 Å². The van der Waals surface area contributed by atoms with Crippen LogP contribution in [0.4, 0.5) is 0 Å². The smallest absolute Gasteiger partial charge is 0.302 e. The molecule has 8 aliphatic rings. The number of allylic oxidation sites excluding steroid dienone is 2. The van der Waals surface area contributed by atoms with Gasteiger partial charge in [-0.25, -0.2) is 0 Å². The summed E-state index contributed by atoms with van der Waals surface area (Å²) < 4.78 is 11.4. The summed E-state index contributed by atoms with van der Waals surface area (Å²) in [6.45, 7) is 19.9. The summed E-state index contributed by atoms with van der Waals surface area (Å²) in [7, 11) is 0. The lowest BCUT2D eigenvalue weighted by atomic mass is 9.46. The van der Waals surface area contributed by atoms with Crippen molar-refractivity contribution in [3.63, 3.8) is 0 Å². The van der Waals surface area contributed by atoms with Crippen LogP contribution >= 0.6 is 31.9 Å². The van der Waals surface area contributed by atoms with Crippen LogP contribution in [0.5, 0.6) is 0 Å². The zero-order chi connectivity index (χ0) is 44.7. The minimum atomic E-state index is -0.452. The highest BCUT2D eigenvalue weighted by Crippen LogP contribution is 2.65. The molecule has 10 nitrogen and oxygen atoms in total. The van der Waals surface area contributed by atoms with E-state index in [-0.39, 0.29) is 68.9 Å². The third-order valence-electron chi connectivity index (χ3n) is 17.5. The van der Waals surface area contributed by atoms with Crippen molar-refractivity contribution in [2.75, 3.05) is 0 Å². The van der Waals surface area contributed by atoms with E-state index in [0.717, 1.165) is 109 Å². The van der Waals surface area contributed by atoms with Gasteiger partial charge in [0, 0.05) is 38.5 Å². The molecule has 0 aliphatic heterocycles. The van der Waals surface area contributed by atoms with Crippen molar-refractivity contribution in [2.24, 2.45) is 64.1 Å². The SMILES string of the molecule is C=C(CCC)OO[C@H]1CC[C@@]2(C)C(=C[C@H](O)C3C4C[C@@H](Br)[C@H](OC(C)=O)[C@H]4CCC32)C1.C=C(CCC)OO[C@H]1CC[C@@]2(C)C(C1)C[C@H](O)C1C3C[C@@H](Br)[C@H](OC(C)=O)[C@H]3CCC12. The van der Waals surface area contributed by atoms with Gasteiger partial charge in [0.25, 0.3) is 0 Å². The summed E-state index contributed by atoms with van der Waals surface area (Å²) >= 11 is 7.57. The van der Waals surface area contributed by atoms with Gasteiger partial charge in [-0.3, -0.25) is 9.59 Å². The van der Waals surface area contributed by atoms with E-state index in [1.54, 1.807) is 0 Å². The molecule has 8 aliphatic carbocycles. The molecule has 62 heavy (non-hydrogen) atoms. The second-order valence-electron chi connectivity index (χ2n) is 21.1. The first-order valence-corrected chi connectivity index (χ1v) is 26.0. The van der Waals surface area contributed by atoms with E-state index in [1.807, 2.05) is 0 Å². The summed E-state index contributed by atoms with van der Waals surface area (Å²) in [6, 6.07) is 0. The molecule has 0 spiro atoms. The van der Waals surface area contributed by atoms with E-state index >= 15 is 0 Å². The number of ether oxygens (including phenoxy) is 2. The average Bonchev–Trinajstić information content (AvgIpc) is 3.70. The average molecular weight is 997 g/mol. The molecule has 0 amide bonds. The van der Waals surface area contributed by atoms with Crippen molar-refractivity contribution in [1.82, 2.24) is 0 Å². The number of carbonyl (C=O) groups is 2. The van der Waals surface area contributed by atoms with Gasteiger partial charge in [-0.15, -0.1) is 0 Å². The van der Waals surface area contributed by atoms with Crippen LogP contribution in [-0.4, -0.2) is 68.4 Å². The molecule has 0 bridgehead atoms. The number of alkyl halides is 2. The standard InChI is InChI=1S/C25H39BrO5.C25H37BrO5/c2*1-5-6-14(2)30-31-17-9-10-25(4)16(11-17)12-22(28)23-19-13-21(26)24(29-15(3)27)18(19)7-8-20(23)25/h16-24,28H,2,5-13H2,1,3-4H3;12,17-24,28H,2,5-11,13H2,1,3-4H3/t16?,17-,18-,19?,20?,21+,22-,23?,24+,25-;17-,18-,19?,20?,21+,22-,23?,24+,25-/m00/s1. The highest BCUT2D eigenvalue weighted by molar-refractivity contribution is 9.09. The third-order valence-corrected chi connectivity index (χ3v) is 19.3. The van der Waals surface area contributed by atoms with Gasteiger partial charge in [-0.1, -0.05) is 84.4 Å². The lowest BCUT2D eigenvalue weighted by Crippen LogP contribution is -2.57. The Bertz CT molecular complexity index is 1650. The van der Waals surface area contributed by atoms with Crippen LogP contribution in [0.15, 0.2) is 36.3 Å². The number of rotatable bonds is 12. The van der Waals surface area contributed by atoms with E-state index in [4.69, 9.17) is 29.0 Å². The van der Waals surface area contributed by atoms with Gasteiger partial charge in [0.05, 0.1) is 21.9 Å². The second-order valence-corrected chi connectivity index (χ2v) is 23.5. The number of carbonyl (C=O) groups excluding carboxylic acids is 2. The maximum atomic E-state index is 11.6. The van der Waals surface area contributed by atoms with Crippen LogP contribution in [0.3, 0.4) is 0 Å². The summed E-state index contributed by atoms with van der Waals surface area (Å²) in [5, 5.41) is 22.6. The number of halogens is 2. The molecule has 7 saturated carbocycles. The molecule has 0 radical (unpaired) electrons. The normalized spacial score (nSPS) is 45.1. The highest BCUT2D eigenvalue weighted by atomic mass is 79.9. The van der Waals surface area contributed by atoms with Gasteiger partial charge in [-0.05, 0) is 149 Å². The predicted molar refractivity (Wildman–Crippen MR) is 244 cm³/mol. The highest BCUT2D eigenvalue weighted by Gasteiger charge is 2.62. The van der Waals surface area contributed by atoms with Crippen LogP contribution in [0, 0.1) is 64.1 Å². The quantitative estimate of drug-likeness (QED) is 0.0487. The Morgan fingerprint density at radius 1 is 0.710 bits per heavy atom. The number of aliphatic hydroxyl groups is 2. The molecule has 0 aromatic rings. The van der Waals surface area contributed by atoms with Gasteiger partial charge in [0.1, 0.15) is 35.9 Å². The van der Waals surface area contributed by atoms with E-state index in [9.17, 15) is 19.8 Å². The van der Waals surface area contributed by atoms with E-state index in [0.29, 0.717) is 58.9 Å². The minimum Gasteiger partial charge on any atom is -0.461 e. The zero-order valence-electron chi connectivity index (χ0n) is 38.2. The fraction of sp³-hybridized carbons (Fsp3) is 0.840. The van der Waals surface area contributed by atoms with Gasteiger partial charge >= 0.3 is 11.9 Å². The first kappa shape index (κ1) is 48.5. The molecule has 2 N–H and O–H groups in total. The summed E-state index contributed by atoms with van der Waals surface area (Å²) in [4.78, 5) is 46.1. The molecule has 19 atom stereocenters. The Kier molecular flexibility index (Phi) is 15.8. The Balaban J connectivity index is 0.000000186. The summed E-state index contributed by atoms with van der Waals surface area (Å²) in [5.74, 6) is 4.44. The van der Waals surface area contributed by atoms with Crippen LogP contribution in [0.25, 0.3) is 0 Å². The second kappa shape index (κ2) is 20.2. The van der Waals surface area contributed by atoms with E-state index in [1.165, 1.54) is 19.4 Å². The maximum absolute atomic E-state index is 11.6. The monoisotopic (exact) mass is 994 g/mol. The molecule has 0 aromatic carbocycles. The fourth-order valence-corrected chi connectivity index (χ4v) is 16.6. The van der Waals surface area contributed by atoms with Crippen molar-refractivity contribution in [3.05, 3.63) is 36.3 Å². The molecular weight excluding hydrogens is 920 g/mol. The zero-order valence-corrected chi connectivity index (χ0v) is 41.4. The molecule has 7 unspecified atom stereocenters. The van der Waals surface area contributed by atoms with E-state index < -0.39 is 6.10 Å². The lowest BCUT2D eigenvalue weighted by molar-refractivity contribution is -0.312. The van der Waals surface area contributed by atoms with Crippen LogP contribution in [0.1, 0.15) is 151 Å². The molecule has 0 saturated heterocycles. The Hall–Kier alpha value is -1.44. The largest absolute Gasteiger partial charge is 0.461 e. The number of esters is 2. The minimum absolute atomic E-state index is 0.0137. The number of fused-ring (bicyclic) bond motifs is 10. The molecule has 0 aromatic heterocycles. The summed E-state index contributed by atoms with van der Waals surface area (Å²) in [5.41, 5.74) is 1.65. The van der Waals surface area contributed by atoms with Crippen molar-refractivity contribution >= 4 is 43.8 Å². The first-order chi connectivity index (χ1) is 29.5. The third kappa shape index (κ3) is 9.82. The lowest BCUT2D eigenvalue weighted by Gasteiger charge is -2.60. The maximum Gasteiger partial charge on any atom is 0.302 e. The van der Waals surface area contributed by atoms with Crippen LogP contribution in [-0.2, 0) is 38.6 Å². The molecule has 7 fully saturated rings.